The van der Waals surface area contributed by atoms with Gasteiger partial charge in [0.15, 0.2) is 0 Å². The molecule has 1 N–H and O–H groups in total. The largest absolute Gasteiger partial charge is 0.353 e. The molecule has 7 heteroatoms. The molecule has 138 valence electrons. The van der Waals surface area contributed by atoms with Crippen LogP contribution in [0.15, 0.2) is 55.5 Å². The third-order valence-corrected chi connectivity index (χ3v) is 5.03. The zero-order chi connectivity index (χ0) is 18.5. The molecule has 0 spiro atoms. The molecule has 3 heterocycles. The summed E-state index contributed by atoms with van der Waals surface area (Å²) < 4.78 is 2.03. The van der Waals surface area contributed by atoms with Crippen molar-refractivity contribution < 1.29 is 4.79 Å². The number of aromatic nitrogens is 5. The third-order valence-electron chi connectivity index (χ3n) is 5.03. The van der Waals surface area contributed by atoms with Gasteiger partial charge in [-0.05, 0) is 49.4 Å². The molecule has 1 aliphatic carbocycles. The van der Waals surface area contributed by atoms with Crippen LogP contribution in [-0.4, -0.2) is 36.7 Å². The molecule has 0 saturated heterocycles. The smallest absolute Gasteiger partial charge is 0.224 e. The Morgan fingerprint density at radius 1 is 1.07 bits per heavy atom. The molecule has 0 aliphatic heterocycles. The summed E-state index contributed by atoms with van der Waals surface area (Å²) in [6, 6.07) is 6.25. The number of pyridine rings is 1. The van der Waals surface area contributed by atoms with E-state index in [0.29, 0.717) is 12.5 Å². The second-order valence-electron chi connectivity index (χ2n) is 6.91. The molecule has 0 bridgehead atoms. The van der Waals surface area contributed by atoms with Crippen molar-refractivity contribution in [2.75, 3.05) is 0 Å². The standard InChI is InChI=1S/C20H22N6O/c27-20(11-15-5-8-21-9-6-15)25-17-1-3-18(4-2-17)26-13-16(12-24-26)19-7-10-22-14-23-19/h5-10,12-14,17-18H,1-4,11H2,(H,25,27). The predicted molar refractivity (Wildman–Crippen MR) is 101 cm³/mol. The monoisotopic (exact) mass is 362 g/mol. The van der Waals surface area contributed by atoms with Gasteiger partial charge in [-0.2, -0.15) is 5.10 Å². The highest BCUT2D eigenvalue weighted by Crippen LogP contribution is 2.29. The number of hydrogen-bond donors (Lipinski definition) is 1. The molecule has 3 aromatic heterocycles. The molecule has 7 nitrogen and oxygen atoms in total. The normalized spacial score (nSPS) is 19.6. The van der Waals surface area contributed by atoms with E-state index >= 15 is 0 Å². The fourth-order valence-electron chi connectivity index (χ4n) is 3.58. The number of amides is 1. The average Bonchev–Trinajstić information content (AvgIpc) is 3.20. The van der Waals surface area contributed by atoms with Crippen molar-refractivity contribution in [3.63, 3.8) is 0 Å². The summed E-state index contributed by atoms with van der Waals surface area (Å²) in [5, 5.41) is 7.69. The van der Waals surface area contributed by atoms with Crippen molar-refractivity contribution in [3.05, 3.63) is 61.1 Å². The average molecular weight is 362 g/mol. The zero-order valence-electron chi connectivity index (χ0n) is 15.0. The Balaban J connectivity index is 1.29. The number of nitrogens with one attached hydrogen (secondary N) is 1. The molecule has 27 heavy (non-hydrogen) atoms. The van der Waals surface area contributed by atoms with E-state index in [1.54, 1.807) is 24.9 Å². The van der Waals surface area contributed by atoms with Crippen LogP contribution in [0.5, 0.6) is 0 Å². The highest BCUT2D eigenvalue weighted by Gasteiger charge is 2.24. The topological polar surface area (TPSA) is 85.6 Å². The van der Waals surface area contributed by atoms with E-state index in [2.05, 4.69) is 31.6 Å². The summed E-state index contributed by atoms with van der Waals surface area (Å²) >= 11 is 0. The molecule has 1 amide bonds. The Kier molecular flexibility index (Phi) is 5.18. The van der Waals surface area contributed by atoms with Crippen LogP contribution in [0, 0.1) is 0 Å². The van der Waals surface area contributed by atoms with Crippen LogP contribution in [0.4, 0.5) is 0 Å². The van der Waals surface area contributed by atoms with E-state index in [-0.39, 0.29) is 11.9 Å². The quantitative estimate of drug-likeness (QED) is 0.754. The second-order valence-corrected chi connectivity index (χ2v) is 6.91. The van der Waals surface area contributed by atoms with Gasteiger partial charge in [0, 0.05) is 36.4 Å². The van der Waals surface area contributed by atoms with E-state index in [9.17, 15) is 4.79 Å². The van der Waals surface area contributed by atoms with Gasteiger partial charge in [0.25, 0.3) is 0 Å². The maximum atomic E-state index is 12.2. The Morgan fingerprint density at radius 3 is 2.59 bits per heavy atom. The van der Waals surface area contributed by atoms with Gasteiger partial charge in [-0.25, -0.2) is 9.97 Å². The summed E-state index contributed by atoms with van der Waals surface area (Å²) in [4.78, 5) is 24.4. The van der Waals surface area contributed by atoms with Gasteiger partial charge in [-0.15, -0.1) is 0 Å². The fraction of sp³-hybridized carbons (Fsp3) is 0.350. The van der Waals surface area contributed by atoms with E-state index in [1.807, 2.05) is 29.1 Å². The highest BCUT2D eigenvalue weighted by molar-refractivity contribution is 5.78. The first-order chi connectivity index (χ1) is 13.3. The maximum absolute atomic E-state index is 12.2. The van der Waals surface area contributed by atoms with Crippen molar-refractivity contribution in [3.8, 4) is 11.3 Å². The first-order valence-electron chi connectivity index (χ1n) is 9.27. The lowest BCUT2D eigenvalue weighted by molar-refractivity contribution is -0.121. The fourth-order valence-corrected chi connectivity index (χ4v) is 3.58. The van der Waals surface area contributed by atoms with Crippen molar-refractivity contribution in [1.29, 1.82) is 0 Å². The minimum absolute atomic E-state index is 0.0785. The first kappa shape index (κ1) is 17.3. The van der Waals surface area contributed by atoms with E-state index < -0.39 is 0 Å². The Labute approximate surface area is 157 Å². The highest BCUT2D eigenvalue weighted by atomic mass is 16.1. The van der Waals surface area contributed by atoms with E-state index in [4.69, 9.17) is 0 Å². The second kappa shape index (κ2) is 8.07. The summed E-state index contributed by atoms with van der Waals surface area (Å²) in [6.45, 7) is 0. The molecular formula is C20H22N6O. The molecule has 4 rings (SSSR count). The van der Waals surface area contributed by atoms with Crippen LogP contribution in [-0.2, 0) is 11.2 Å². The van der Waals surface area contributed by atoms with Gasteiger partial charge in [-0.1, -0.05) is 0 Å². The number of carbonyl (C=O) groups excluding carboxylic acids is 1. The summed E-state index contributed by atoms with van der Waals surface area (Å²) in [6.07, 6.45) is 15.0. The van der Waals surface area contributed by atoms with Crippen LogP contribution in [0.25, 0.3) is 11.3 Å². The molecule has 0 aromatic carbocycles. The van der Waals surface area contributed by atoms with Crippen LogP contribution < -0.4 is 5.32 Å². The van der Waals surface area contributed by atoms with E-state index in [0.717, 1.165) is 42.5 Å². The molecule has 3 aromatic rings. The lowest BCUT2D eigenvalue weighted by Gasteiger charge is -2.29. The number of carbonyl (C=O) groups is 1. The SMILES string of the molecule is O=C(Cc1ccncc1)NC1CCC(n2cc(-c3ccncn3)cn2)CC1. The maximum Gasteiger partial charge on any atom is 0.224 e. The van der Waals surface area contributed by atoms with Crippen LogP contribution in [0.1, 0.15) is 37.3 Å². The van der Waals surface area contributed by atoms with Crippen LogP contribution in [0.3, 0.4) is 0 Å². The molecular weight excluding hydrogens is 340 g/mol. The molecule has 0 radical (unpaired) electrons. The Bertz CT molecular complexity index is 872. The number of nitrogens with zero attached hydrogens (tertiary/aromatic N) is 5. The van der Waals surface area contributed by atoms with Crippen molar-refractivity contribution >= 4 is 5.91 Å². The molecule has 1 fully saturated rings. The van der Waals surface area contributed by atoms with Gasteiger partial charge < -0.3 is 5.32 Å². The zero-order valence-corrected chi connectivity index (χ0v) is 15.0. The van der Waals surface area contributed by atoms with Crippen LogP contribution >= 0.6 is 0 Å². The van der Waals surface area contributed by atoms with Crippen molar-refractivity contribution in [2.45, 2.75) is 44.2 Å². The minimum Gasteiger partial charge on any atom is -0.353 e. The Morgan fingerprint density at radius 2 is 1.85 bits per heavy atom. The summed E-state index contributed by atoms with van der Waals surface area (Å²) in [5.74, 6) is 0.0785. The number of hydrogen-bond acceptors (Lipinski definition) is 5. The van der Waals surface area contributed by atoms with E-state index in [1.165, 1.54) is 0 Å². The van der Waals surface area contributed by atoms with Crippen LogP contribution in [0.2, 0.25) is 0 Å². The molecule has 0 atom stereocenters. The lowest BCUT2D eigenvalue weighted by atomic mass is 9.91. The van der Waals surface area contributed by atoms with Gasteiger partial charge in [0.1, 0.15) is 6.33 Å². The lowest BCUT2D eigenvalue weighted by Crippen LogP contribution is -2.38. The predicted octanol–water partition coefficient (Wildman–Crippen LogP) is 2.58. The molecule has 0 unspecified atom stereocenters. The summed E-state index contributed by atoms with van der Waals surface area (Å²) in [7, 11) is 0. The Hall–Kier alpha value is -3.09. The van der Waals surface area contributed by atoms with Gasteiger partial charge in [0.05, 0.1) is 24.4 Å². The molecule has 1 saturated carbocycles. The first-order valence-corrected chi connectivity index (χ1v) is 9.27. The minimum atomic E-state index is 0.0785. The number of rotatable bonds is 5. The molecule has 1 aliphatic rings. The van der Waals surface area contributed by atoms with Gasteiger partial charge >= 0.3 is 0 Å². The van der Waals surface area contributed by atoms with Crippen molar-refractivity contribution in [1.82, 2.24) is 30.0 Å². The third kappa shape index (κ3) is 4.36. The van der Waals surface area contributed by atoms with Gasteiger partial charge in [0.2, 0.25) is 5.91 Å². The summed E-state index contributed by atoms with van der Waals surface area (Å²) in [5.41, 5.74) is 2.88. The van der Waals surface area contributed by atoms with Crippen molar-refractivity contribution in [2.24, 2.45) is 0 Å². The van der Waals surface area contributed by atoms with Gasteiger partial charge in [-0.3, -0.25) is 14.5 Å².